The number of carbonyl (C=O) groups is 1. The maximum absolute atomic E-state index is 13.6. The first kappa shape index (κ1) is 11.1. The SMILES string of the molecule is COC(=O)[C@@H]1[NH2+]CC[C@H]1c1ccccc1F. The third-order valence-electron chi connectivity index (χ3n) is 3.11. The summed E-state index contributed by atoms with van der Waals surface area (Å²) in [7, 11) is 1.37. The molecule has 86 valence electrons. The monoisotopic (exact) mass is 224 g/mol. The van der Waals surface area contributed by atoms with Crippen LogP contribution in [0.1, 0.15) is 17.9 Å². The van der Waals surface area contributed by atoms with Gasteiger partial charge in [0.1, 0.15) is 5.82 Å². The van der Waals surface area contributed by atoms with Crippen LogP contribution in [0.5, 0.6) is 0 Å². The third-order valence-corrected chi connectivity index (χ3v) is 3.11. The minimum Gasteiger partial charge on any atom is -0.465 e. The summed E-state index contributed by atoms with van der Waals surface area (Å²) >= 11 is 0. The maximum Gasteiger partial charge on any atom is 0.365 e. The minimum absolute atomic E-state index is 0.0753. The Labute approximate surface area is 93.6 Å². The number of methoxy groups -OCH3 is 1. The van der Waals surface area contributed by atoms with Gasteiger partial charge in [0.25, 0.3) is 0 Å². The molecule has 1 fully saturated rings. The highest BCUT2D eigenvalue weighted by Crippen LogP contribution is 2.26. The molecule has 0 aromatic heterocycles. The van der Waals surface area contributed by atoms with Crippen LogP contribution in [0.15, 0.2) is 24.3 Å². The van der Waals surface area contributed by atoms with E-state index in [-0.39, 0.29) is 23.7 Å². The Bertz CT molecular complexity index is 394. The highest BCUT2D eigenvalue weighted by molar-refractivity contribution is 5.75. The number of benzene rings is 1. The van der Waals surface area contributed by atoms with Gasteiger partial charge in [-0.05, 0) is 11.6 Å². The summed E-state index contributed by atoms with van der Waals surface area (Å²) in [6, 6.07) is 6.33. The van der Waals surface area contributed by atoms with Crippen molar-refractivity contribution in [3.8, 4) is 0 Å². The summed E-state index contributed by atoms with van der Waals surface area (Å²) in [5.41, 5.74) is 0.617. The molecule has 0 saturated carbocycles. The van der Waals surface area contributed by atoms with E-state index in [1.807, 2.05) is 5.32 Å². The second-order valence-electron chi connectivity index (χ2n) is 3.99. The molecule has 0 spiro atoms. The first-order valence-electron chi connectivity index (χ1n) is 5.39. The van der Waals surface area contributed by atoms with Gasteiger partial charge in [0.15, 0.2) is 6.04 Å². The van der Waals surface area contributed by atoms with Crippen molar-refractivity contribution in [2.75, 3.05) is 13.7 Å². The van der Waals surface area contributed by atoms with Gasteiger partial charge in [-0.3, -0.25) is 0 Å². The number of nitrogens with two attached hydrogens (primary N) is 1. The number of hydrogen-bond donors (Lipinski definition) is 1. The van der Waals surface area contributed by atoms with Crippen LogP contribution in [-0.4, -0.2) is 25.7 Å². The molecule has 0 aliphatic carbocycles. The van der Waals surface area contributed by atoms with Crippen molar-refractivity contribution in [1.29, 1.82) is 0 Å². The molecule has 16 heavy (non-hydrogen) atoms. The summed E-state index contributed by atoms with van der Waals surface area (Å²) < 4.78 is 18.3. The van der Waals surface area contributed by atoms with Crippen molar-refractivity contribution >= 4 is 5.97 Å². The summed E-state index contributed by atoms with van der Waals surface area (Å²) in [5, 5.41) is 1.92. The van der Waals surface area contributed by atoms with Gasteiger partial charge in [-0.15, -0.1) is 0 Å². The summed E-state index contributed by atoms with van der Waals surface area (Å²) in [6.07, 6.45) is 0.806. The Morgan fingerprint density at radius 3 is 2.94 bits per heavy atom. The molecule has 1 aromatic carbocycles. The molecule has 1 heterocycles. The highest BCUT2D eigenvalue weighted by atomic mass is 19.1. The first-order chi connectivity index (χ1) is 7.74. The zero-order valence-electron chi connectivity index (χ0n) is 9.15. The van der Waals surface area contributed by atoms with Crippen molar-refractivity contribution in [1.82, 2.24) is 0 Å². The van der Waals surface area contributed by atoms with E-state index in [4.69, 9.17) is 4.74 Å². The number of halogens is 1. The van der Waals surface area contributed by atoms with Crippen molar-refractivity contribution in [2.24, 2.45) is 0 Å². The van der Waals surface area contributed by atoms with E-state index in [0.29, 0.717) is 5.56 Å². The lowest BCUT2D eigenvalue weighted by Crippen LogP contribution is -2.89. The van der Waals surface area contributed by atoms with Crippen LogP contribution >= 0.6 is 0 Å². The van der Waals surface area contributed by atoms with E-state index >= 15 is 0 Å². The van der Waals surface area contributed by atoms with Gasteiger partial charge < -0.3 is 10.1 Å². The highest BCUT2D eigenvalue weighted by Gasteiger charge is 2.39. The van der Waals surface area contributed by atoms with E-state index in [0.717, 1.165) is 13.0 Å². The molecular weight excluding hydrogens is 209 g/mol. The van der Waals surface area contributed by atoms with Gasteiger partial charge in [-0.1, -0.05) is 18.2 Å². The minimum atomic E-state index is -0.304. The van der Waals surface area contributed by atoms with Crippen LogP contribution in [0.2, 0.25) is 0 Å². The van der Waals surface area contributed by atoms with Crippen LogP contribution < -0.4 is 5.32 Å². The Morgan fingerprint density at radius 1 is 1.50 bits per heavy atom. The zero-order valence-corrected chi connectivity index (χ0v) is 9.15. The lowest BCUT2D eigenvalue weighted by molar-refractivity contribution is -0.660. The molecule has 0 amide bonds. The molecule has 1 aromatic rings. The molecule has 2 atom stereocenters. The summed E-state index contributed by atoms with van der Waals surface area (Å²) in [6.45, 7) is 0.832. The molecule has 4 heteroatoms. The first-order valence-corrected chi connectivity index (χ1v) is 5.39. The molecule has 2 N–H and O–H groups in total. The van der Waals surface area contributed by atoms with E-state index in [9.17, 15) is 9.18 Å². The average Bonchev–Trinajstić information content (AvgIpc) is 2.77. The van der Waals surface area contributed by atoms with Crippen molar-refractivity contribution < 1.29 is 19.2 Å². The number of carbonyl (C=O) groups excluding carboxylic acids is 1. The van der Waals surface area contributed by atoms with Crippen molar-refractivity contribution in [3.63, 3.8) is 0 Å². The zero-order chi connectivity index (χ0) is 11.5. The molecule has 0 unspecified atom stereocenters. The molecule has 3 nitrogen and oxygen atoms in total. The number of ether oxygens (including phenoxy) is 1. The standard InChI is InChI=1S/C12H14FNO2/c1-16-12(15)11-9(6-7-14-11)8-4-2-3-5-10(8)13/h2-5,9,11,14H,6-7H2,1H3/p+1/t9-,11+/m0/s1. The fourth-order valence-corrected chi connectivity index (χ4v) is 2.32. The number of rotatable bonds is 2. The quantitative estimate of drug-likeness (QED) is 0.740. The van der Waals surface area contributed by atoms with Gasteiger partial charge in [-0.25, -0.2) is 9.18 Å². The predicted octanol–water partition coefficient (Wildman–Crippen LogP) is 0.418. The number of quaternary nitrogens is 1. The van der Waals surface area contributed by atoms with Crippen LogP contribution in [0.25, 0.3) is 0 Å². The normalized spacial score (nSPS) is 24.4. The average molecular weight is 224 g/mol. The Kier molecular flexibility index (Phi) is 3.19. The fourth-order valence-electron chi connectivity index (χ4n) is 2.32. The van der Waals surface area contributed by atoms with E-state index in [1.165, 1.54) is 13.2 Å². The lowest BCUT2D eigenvalue weighted by atomic mass is 9.91. The topological polar surface area (TPSA) is 42.9 Å². The van der Waals surface area contributed by atoms with Gasteiger partial charge in [-0.2, -0.15) is 0 Å². The second kappa shape index (κ2) is 4.61. The molecule has 1 aliphatic heterocycles. The van der Waals surface area contributed by atoms with Gasteiger partial charge >= 0.3 is 5.97 Å². The summed E-state index contributed by atoms with van der Waals surface area (Å²) in [4.78, 5) is 11.5. The number of hydrogen-bond acceptors (Lipinski definition) is 2. The maximum atomic E-state index is 13.6. The largest absolute Gasteiger partial charge is 0.465 e. The van der Waals surface area contributed by atoms with Crippen molar-refractivity contribution in [2.45, 2.75) is 18.4 Å². The molecular formula is C12H15FNO2+. The molecule has 2 rings (SSSR count). The van der Waals surface area contributed by atoms with E-state index in [1.54, 1.807) is 18.2 Å². The molecule has 0 radical (unpaired) electrons. The summed E-state index contributed by atoms with van der Waals surface area (Å²) in [5.74, 6) is -0.587. The van der Waals surface area contributed by atoms with Crippen molar-refractivity contribution in [3.05, 3.63) is 35.6 Å². The lowest BCUT2D eigenvalue weighted by Gasteiger charge is -2.14. The Morgan fingerprint density at radius 2 is 2.25 bits per heavy atom. The van der Waals surface area contributed by atoms with Gasteiger partial charge in [0, 0.05) is 6.42 Å². The smallest absolute Gasteiger partial charge is 0.365 e. The molecule has 0 bridgehead atoms. The Hall–Kier alpha value is -1.42. The second-order valence-corrected chi connectivity index (χ2v) is 3.99. The fraction of sp³-hybridized carbons (Fsp3) is 0.417. The molecule has 1 aliphatic rings. The van der Waals surface area contributed by atoms with Crippen LogP contribution in [0, 0.1) is 5.82 Å². The van der Waals surface area contributed by atoms with Crippen LogP contribution in [0.3, 0.4) is 0 Å². The van der Waals surface area contributed by atoms with Crippen LogP contribution in [-0.2, 0) is 9.53 Å². The Balaban J connectivity index is 2.27. The van der Waals surface area contributed by atoms with Crippen LogP contribution in [0.4, 0.5) is 4.39 Å². The van der Waals surface area contributed by atoms with Gasteiger partial charge in [0.05, 0.1) is 19.6 Å². The van der Waals surface area contributed by atoms with E-state index < -0.39 is 0 Å². The van der Waals surface area contributed by atoms with Gasteiger partial charge in [0.2, 0.25) is 0 Å². The number of esters is 1. The third kappa shape index (κ3) is 1.93. The van der Waals surface area contributed by atoms with E-state index in [2.05, 4.69) is 0 Å². The molecule has 1 saturated heterocycles. The predicted molar refractivity (Wildman–Crippen MR) is 56.4 cm³/mol.